The summed E-state index contributed by atoms with van der Waals surface area (Å²) in [5, 5.41) is 0.882. The summed E-state index contributed by atoms with van der Waals surface area (Å²) in [7, 11) is 0. The highest BCUT2D eigenvalue weighted by Gasteiger charge is 2.33. The van der Waals surface area contributed by atoms with Crippen LogP contribution in [0.25, 0.3) is 0 Å². The van der Waals surface area contributed by atoms with E-state index >= 15 is 0 Å². The van der Waals surface area contributed by atoms with Crippen LogP contribution in [0.4, 0.5) is 5.69 Å². The Balaban J connectivity index is 1.73. The highest BCUT2D eigenvalue weighted by Crippen LogP contribution is 2.38. The zero-order valence-electron chi connectivity index (χ0n) is 12.3. The van der Waals surface area contributed by atoms with Gasteiger partial charge in [0.1, 0.15) is 0 Å². The molecule has 2 nitrogen and oxygen atoms in total. The number of nitrogens with zero attached hydrogens (tertiary/aromatic N) is 1. The summed E-state index contributed by atoms with van der Waals surface area (Å²) >= 11 is 6.47. The van der Waals surface area contributed by atoms with Gasteiger partial charge in [0.15, 0.2) is 0 Å². The number of hydrogen-bond acceptors (Lipinski definition) is 2. The number of hydrogen-bond donors (Lipinski definition) is 1. The lowest BCUT2D eigenvalue weighted by molar-refractivity contribution is 0.646. The van der Waals surface area contributed by atoms with E-state index in [4.69, 9.17) is 17.3 Å². The number of halogens is 1. The molecule has 1 aromatic rings. The smallest absolute Gasteiger partial charge is 0.0459 e. The van der Waals surface area contributed by atoms with Gasteiger partial charge in [0.25, 0.3) is 0 Å². The molecule has 1 unspecified atom stereocenters. The van der Waals surface area contributed by atoms with Gasteiger partial charge in [-0.1, -0.05) is 24.6 Å². The second-order valence-corrected chi connectivity index (χ2v) is 6.88. The van der Waals surface area contributed by atoms with Crippen LogP contribution in [0.2, 0.25) is 5.02 Å². The van der Waals surface area contributed by atoms with Crippen LogP contribution in [0.5, 0.6) is 0 Å². The van der Waals surface area contributed by atoms with E-state index in [9.17, 15) is 0 Å². The summed E-state index contributed by atoms with van der Waals surface area (Å²) in [6.07, 6.45) is 7.36. The summed E-state index contributed by atoms with van der Waals surface area (Å²) < 4.78 is 0. The zero-order chi connectivity index (χ0) is 14.1. The largest absolute Gasteiger partial charge is 0.368 e. The van der Waals surface area contributed by atoms with E-state index in [0.29, 0.717) is 0 Å². The maximum atomic E-state index is 6.47. The monoisotopic (exact) mass is 292 g/mol. The van der Waals surface area contributed by atoms with Crippen molar-refractivity contribution in [3.8, 4) is 0 Å². The zero-order valence-corrected chi connectivity index (χ0v) is 13.1. The first-order chi connectivity index (χ1) is 9.67. The van der Waals surface area contributed by atoms with Crippen LogP contribution in [0.3, 0.4) is 0 Å². The van der Waals surface area contributed by atoms with Gasteiger partial charge in [-0.05, 0) is 62.1 Å². The molecule has 0 aromatic heterocycles. The summed E-state index contributed by atoms with van der Waals surface area (Å²) in [4.78, 5) is 2.58. The Morgan fingerprint density at radius 2 is 2.05 bits per heavy atom. The SMILES string of the molecule is CCC(N)Cc1ccc(N(CC2CC2)C2CC2)cc1Cl. The van der Waals surface area contributed by atoms with E-state index in [1.165, 1.54) is 43.5 Å². The van der Waals surface area contributed by atoms with Gasteiger partial charge in [-0.2, -0.15) is 0 Å². The first-order valence-corrected chi connectivity index (χ1v) is 8.35. The maximum Gasteiger partial charge on any atom is 0.0459 e. The minimum Gasteiger partial charge on any atom is -0.368 e. The Bertz CT molecular complexity index is 466. The van der Waals surface area contributed by atoms with Crippen LogP contribution in [0.15, 0.2) is 18.2 Å². The van der Waals surface area contributed by atoms with Crippen LogP contribution >= 0.6 is 11.6 Å². The van der Waals surface area contributed by atoms with E-state index in [0.717, 1.165) is 29.8 Å². The molecule has 2 aliphatic rings. The molecule has 1 aromatic carbocycles. The number of rotatable bonds is 7. The van der Waals surface area contributed by atoms with Crippen molar-refractivity contribution < 1.29 is 0 Å². The minimum atomic E-state index is 0.212. The fraction of sp³-hybridized carbons (Fsp3) is 0.647. The van der Waals surface area contributed by atoms with Gasteiger partial charge in [0.05, 0.1) is 0 Å². The third-order valence-electron chi connectivity index (χ3n) is 4.51. The third kappa shape index (κ3) is 3.48. The predicted molar refractivity (Wildman–Crippen MR) is 86.5 cm³/mol. The van der Waals surface area contributed by atoms with Crippen LogP contribution in [-0.2, 0) is 6.42 Å². The molecule has 2 N–H and O–H groups in total. The van der Waals surface area contributed by atoms with Crippen molar-refractivity contribution in [1.82, 2.24) is 0 Å². The molecule has 3 rings (SSSR count). The van der Waals surface area contributed by atoms with E-state index in [2.05, 4.69) is 30.0 Å². The fourth-order valence-corrected chi connectivity index (χ4v) is 2.99. The minimum absolute atomic E-state index is 0.212. The molecule has 110 valence electrons. The van der Waals surface area contributed by atoms with Crippen molar-refractivity contribution in [2.75, 3.05) is 11.4 Å². The first kappa shape index (κ1) is 14.2. The second kappa shape index (κ2) is 5.95. The molecular weight excluding hydrogens is 268 g/mol. The highest BCUT2D eigenvalue weighted by molar-refractivity contribution is 6.31. The molecule has 0 heterocycles. The predicted octanol–water partition coefficient (Wildman–Crippen LogP) is 4.00. The molecule has 0 aliphatic heterocycles. The first-order valence-electron chi connectivity index (χ1n) is 7.98. The average molecular weight is 293 g/mol. The topological polar surface area (TPSA) is 29.3 Å². The Kier molecular flexibility index (Phi) is 4.23. The molecule has 1 atom stereocenters. The molecule has 20 heavy (non-hydrogen) atoms. The molecule has 2 aliphatic carbocycles. The number of anilines is 1. The van der Waals surface area contributed by atoms with Crippen molar-refractivity contribution in [3.05, 3.63) is 28.8 Å². The molecule has 3 heteroatoms. The van der Waals surface area contributed by atoms with E-state index < -0.39 is 0 Å². The van der Waals surface area contributed by atoms with Crippen molar-refractivity contribution in [2.45, 2.75) is 57.5 Å². The van der Waals surface area contributed by atoms with Crippen molar-refractivity contribution >= 4 is 17.3 Å². The normalized spacial score (nSPS) is 19.9. The Morgan fingerprint density at radius 3 is 2.60 bits per heavy atom. The van der Waals surface area contributed by atoms with E-state index in [1.54, 1.807) is 0 Å². The van der Waals surface area contributed by atoms with Crippen molar-refractivity contribution in [2.24, 2.45) is 11.7 Å². The summed E-state index contributed by atoms with van der Waals surface area (Å²) in [6.45, 7) is 3.34. The van der Waals surface area contributed by atoms with Crippen LogP contribution in [0.1, 0.15) is 44.6 Å². The lowest BCUT2D eigenvalue weighted by Crippen LogP contribution is -2.28. The van der Waals surface area contributed by atoms with Gasteiger partial charge in [-0.15, -0.1) is 0 Å². The van der Waals surface area contributed by atoms with Gasteiger partial charge in [0.2, 0.25) is 0 Å². The number of nitrogens with two attached hydrogens (primary N) is 1. The van der Waals surface area contributed by atoms with Crippen LogP contribution < -0.4 is 10.6 Å². The van der Waals surface area contributed by atoms with E-state index in [-0.39, 0.29) is 6.04 Å². The molecule has 2 fully saturated rings. The summed E-state index contributed by atoms with van der Waals surface area (Å²) in [6, 6.07) is 7.54. The molecule has 2 saturated carbocycles. The summed E-state index contributed by atoms with van der Waals surface area (Å²) in [5.41, 5.74) is 8.53. The van der Waals surface area contributed by atoms with Crippen LogP contribution in [-0.4, -0.2) is 18.6 Å². The van der Waals surface area contributed by atoms with Gasteiger partial charge in [-0.25, -0.2) is 0 Å². The lowest BCUT2D eigenvalue weighted by atomic mass is 10.0. The number of benzene rings is 1. The molecule has 0 amide bonds. The average Bonchev–Trinajstić information content (AvgIpc) is 3.31. The molecule has 0 radical (unpaired) electrons. The second-order valence-electron chi connectivity index (χ2n) is 6.48. The Hall–Kier alpha value is -0.730. The third-order valence-corrected chi connectivity index (χ3v) is 4.87. The lowest BCUT2D eigenvalue weighted by Gasteiger charge is -2.25. The quantitative estimate of drug-likeness (QED) is 0.823. The highest BCUT2D eigenvalue weighted by atomic mass is 35.5. The van der Waals surface area contributed by atoms with Gasteiger partial charge < -0.3 is 10.6 Å². The molecule has 0 spiro atoms. The van der Waals surface area contributed by atoms with E-state index in [1.807, 2.05) is 0 Å². The Labute approximate surface area is 127 Å². The van der Waals surface area contributed by atoms with Gasteiger partial charge >= 0.3 is 0 Å². The standard InChI is InChI=1S/C17H25ClN2/c1-2-14(19)9-13-5-6-16(10-17(13)18)20(15-7-8-15)11-12-3-4-12/h5-6,10,12,14-15H,2-4,7-9,11,19H2,1H3. The van der Waals surface area contributed by atoms with Crippen molar-refractivity contribution in [3.63, 3.8) is 0 Å². The Morgan fingerprint density at radius 1 is 1.30 bits per heavy atom. The van der Waals surface area contributed by atoms with Gasteiger partial charge in [0, 0.05) is 29.3 Å². The molecular formula is C17H25ClN2. The van der Waals surface area contributed by atoms with Crippen molar-refractivity contribution in [1.29, 1.82) is 0 Å². The summed E-state index contributed by atoms with van der Waals surface area (Å²) in [5.74, 6) is 0.919. The molecule has 0 saturated heterocycles. The molecule has 0 bridgehead atoms. The van der Waals surface area contributed by atoms with Crippen LogP contribution in [0, 0.1) is 5.92 Å². The van der Waals surface area contributed by atoms with Gasteiger partial charge in [-0.3, -0.25) is 0 Å². The maximum absolute atomic E-state index is 6.47. The fourth-order valence-electron chi connectivity index (χ4n) is 2.74.